The van der Waals surface area contributed by atoms with Gasteiger partial charge in [-0.25, -0.2) is 9.55 Å². The van der Waals surface area contributed by atoms with Gasteiger partial charge < -0.3 is 14.9 Å². The second-order valence-corrected chi connectivity index (χ2v) is 5.85. The van der Waals surface area contributed by atoms with Crippen molar-refractivity contribution in [3.63, 3.8) is 0 Å². The van der Waals surface area contributed by atoms with Crippen LogP contribution in [0.1, 0.15) is 0 Å². The summed E-state index contributed by atoms with van der Waals surface area (Å²) >= 11 is 11.8. The zero-order chi connectivity index (χ0) is 18.0. The summed E-state index contributed by atoms with van der Waals surface area (Å²) in [6.07, 6.45) is 1.43. The van der Waals surface area contributed by atoms with Crippen molar-refractivity contribution in [3.8, 4) is 23.2 Å². The molecule has 130 valence electrons. The van der Waals surface area contributed by atoms with E-state index in [0.717, 1.165) is 0 Å². The molecular formula is C16H14Cl2N4O3. The summed E-state index contributed by atoms with van der Waals surface area (Å²) in [7, 11) is 1.56. The van der Waals surface area contributed by atoms with E-state index in [4.69, 9.17) is 27.9 Å². The average Bonchev–Trinajstić information content (AvgIpc) is 2.88. The van der Waals surface area contributed by atoms with Crippen LogP contribution >= 0.6 is 23.2 Å². The summed E-state index contributed by atoms with van der Waals surface area (Å²) in [6, 6.07) is 9.73. The van der Waals surface area contributed by atoms with Crippen LogP contribution in [0.25, 0.3) is 5.69 Å². The minimum absolute atomic E-state index is 0.151. The number of aromatic nitrogens is 2. The molecule has 9 heteroatoms. The molecule has 7 nitrogen and oxygen atoms in total. The summed E-state index contributed by atoms with van der Waals surface area (Å²) in [5.74, 6) is 0.642. The number of halogens is 2. The Kier molecular flexibility index (Phi) is 4.78. The van der Waals surface area contributed by atoms with Crippen molar-refractivity contribution in [1.29, 1.82) is 0 Å². The molecule has 0 aliphatic carbocycles. The molecule has 0 aliphatic rings. The lowest BCUT2D eigenvalue weighted by Crippen LogP contribution is -2.10. The van der Waals surface area contributed by atoms with Crippen molar-refractivity contribution in [3.05, 3.63) is 52.6 Å². The highest BCUT2D eigenvalue weighted by Gasteiger charge is 2.16. The highest BCUT2D eigenvalue weighted by molar-refractivity contribution is 6.35. The predicted molar refractivity (Wildman–Crippen MR) is 97.2 cm³/mol. The number of hydrazine groups is 1. The molecule has 4 N–H and O–H groups in total. The molecule has 3 rings (SSSR count). The van der Waals surface area contributed by atoms with Crippen molar-refractivity contribution in [2.45, 2.75) is 0 Å². The van der Waals surface area contributed by atoms with Gasteiger partial charge in [0.15, 0.2) is 5.82 Å². The number of anilines is 2. The Morgan fingerprint density at radius 3 is 2.44 bits per heavy atom. The summed E-state index contributed by atoms with van der Waals surface area (Å²) in [6.45, 7) is 0. The van der Waals surface area contributed by atoms with E-state index in [2.05, 4.69) is 15.8 Å². The van der Waals surface area contributed by atoms with Gasteiger partial charge >= 0.3 is 0 Å². The number of methoxy groups -OCH3 is 1. The molecule has 0 saturated carbocycles. The molecule has 0 radical (unpaired) electrons. The summed E-state index contributed by atoms with van der Waals surface area (Å²) in [5, 5.41) is 21.2. The zero-order valence-electron chi connectivity index (χ0n) is 13.0. The number of aromatic hydroxyl groups is 2. The Bertz CT molecular complexity index is 897. The lowest BCUT2D eigenvalue weighted by Gasteiger charge is -2.10. The second-order valence-electron chi connectivity index (χ2n) is 5.01. The maximum Gasteiger partial charge on any atom is 0.224 e. The van der Waals surface area contributed by atoms with Crippen LogP contribution in [0.3, 0.4) is 0 Å². The van der Waals surface area contributed by atoms with E-state index in [1.807, 2.05) is 0 Å². The molecule has 0 bridgehead atoms. The van der Waals surface area contributed by atoms with Gasteiger partial charge in [0.25, 0.3) is 0 Å². The maximum atomic E-state index is 10.4. The number of pyridine rings is 1. The molecule has 2 heterocycles. The number of nitrogens with zero attached hydrogens (tertiary/aromatic N) is 2. The van der Waals surface area contributed by atoms with Gasteiger partial charge in [-0.05, 0) is 30.3 Å². The van der Waals surface area contributed by atoms with Crippen LogP contribution in [0.4, 0.5) is 11.5 Å². The van der Waals surface area contributed by atoms with Crippen LogP contribution in [-0.2, 0) is 0 Å². The molecule has 0 aliphatic heterocycles. The van der Waals surface area contributed by atoms with E-state index >= 15 is 0 Å². The molecule has 0 atom stereocenters. The van der Waals surface area contributed by atoms with Gasteiger partial charge in [-0.1, -0.05) is 23.2 Å². The minimum Gasteiger partial charge on any atom is -0.497 e. The molecule has 25 heavy (non-hydrogen) atoms. The first kappa shape index (κ1) is 17.1. The van der Waals surface area contributed by atoms with Crippen LogP contribution < -0.4 is 15.6 Å². The SMILES string of the molecule is COc1ccc(-n2c(O)cc(NNc3ncc(Cl)cc3Cl)c2O)cc1. The fourth-order valence-electron chi connectivity index (χ4n) is 2.20. The molecule has 2 aromatic heterocycles. The smallest absolute Gasteiger partial charge is 0.224 e. The van der Waals surface area contributed by atoms with Gasteiger partial charge in [0.05, 0.1) is 22.8 Å². The molecule has 0 fully saturated rings. The standard InChI is InChI=1S/C16H14Cl2N4O3/c1-25-11-4-2-10(3-5-11)22-14(23)7-13(16(22)24)20-21-15-12(18)6-9(17)8-19-15/h2-8,20,23-24H,1H3,(H,19,21). The van der Waals surface area contributed by atoms with E-state index in [1.165, 1.54) is 22.9 Å². The van der Waals surface area contributed by atoms with Crippen molar-refractivity contribution < 1.29 is 14.9 Å². The third-order valence-corrected chi connectivity index (χ3v) is 3.90. The Morgan fingerprint density at radius 1 is 1.08 bits per heavy atom. The van der Waals surface area contributed by atoms with Gasteiger partial charge in [-0.2, -0.15) is 0 Å². The Balaban J connectivity index is 1.83. The zero-order valence-corrected chi connectivity index (χ0v) is 14.5. The minimum atomic E-state index is -0.194. The summed E-state index contributed by atoms with van der Waals surface area (Å²) in [4.78, 5) is 4.03. The molecule has 0 saturated heterocycles. The molecule has 3 aromatic rings. The second kappa shape index (κ2) is 7.00. The van der Waals surface area contributed by atoms with Crippen molar-refractivity contribution in [2.75, 3.05) is 18.0 Å². The number of rotatable bonds is 5. The summed E-state index contributed by atoms with van der Waals surface area (Å²) < 4.78 is 6.36. The van der Waals surface area contributed by atoms with Gasteiger partial charge in [0.1, 0.15) is 11.4 Å². The molecule has 0 amide bonds. The average molecular weight is 381 g/mol. The Labute approximate surface area is 153 Å². The molecule has 0 unspecified atom stereocenters. The first-order valence-corrected chi connectivity index (χ1v) is 7.86. The predicted octanol–water partition coefficient (Wildman–Crippen LogP) is 4.04. The van der Waals surface area contributed by atoms with Crippen LogP contribution in [-0.4, -0.2) is 26.9 Å². The fourth-order valence-corrected chi connectivity index (χ4v) is 2.63. The molecule has 0 spiro atoms. The fraction of sp³-hybridized carbons (Fsp3) is 0.0625. The van der Waals surface area contributed by atoms with Crippen LogP contribution in [0.15, 0.2) is 42.6 Å². The quantitative estimate of drug-likeness (QED) is 0.499. The number of hydrogen-bond donors (Lipinski definition) is 4. The van der Waals surface area contributed by atoms with E-state index in [9.17, 15) is 10.2 Å². The number of benzene rings is 1. The van der Waals surface area contributed by atoms with Crippen molar-refractivity contribution in [1.82, 2.24) is 9.55 Å². The lowest BCUT2D eigenvalue weighted by molar-refractivity contribution is 0.402. The third kappa shape index (κ3) is 3.52. The Hall–Kier alpha value is -2.77. The van der Waals surface area contributed by atoms with Gasteiger partial charge in [-0.3, -0.25) is 10.9 Å². The maximum absolute atomic E-state index is 10.4. The van der Waals surface area contributed by atoms with Crippen molar-refractivity contribution >= 4 is 34.7 Å². The lowest BCUT2D eigenvalue weighted by atomic mass is 10.3. The van der Waals surface area contributed by atoms with Crippen LogP contribution in [0, 0.1) is 0 Å². The Morgan fingerprint density at radius 2 is 1.80 bits per heavy atom. The molecular weight excluding hydrogens is 367 g/mol. The van der Waals surface area contributed by atoms with Crippen molar-refractivity contribution in [2.24, 2.45) is 0 Å². The van der Waals surface area contributed by atoms with E-state index < -0.39 is 0 Å². The van der Waals surface area contributed by atoms with Crippen LogP contribution in [0.2, 0.25) is 10.0 Å². The number of ether oxygens (including phenoxy) is 1. The largest absolute Gasteiger partial charge is 0.497 e. The summed E-state index contributed by atoms with van der Waals surface area (Å²) in [5.41, 5.74) is 6.30. The van der Waals surface area contributed by atoms with E-state index in [-0.39, 0.29) is 17.4 Å². The first-order chi connectivity index (χ1) is 12.0. The van der Waals surface area contributed by atoms with E-state index in [1.54, 1.807) is 31.4 Å². The first-order valence-electron chi connectivity index (χ1n) is 7.10. The van der Waals surface area contributed by atoms with Crippen LogP contribution in [0.5, 0.6) is 17.5 Å². The number of nitrogens with one attached hydrogen (secondary N) is 2. The topological polar surface area (TPSA) is 91.6 Å². The van der Waals surface area contributed by atoms with Gasteiger partial charge in [0, 0.05) is 12.3 Å². The van der Waals surface area contributed by atoms with E-state index in [0.29, 0.717) is 27.3 Å². The highest BCUT2D eigenvalue weighted by Crippen LogP contribution is 2.36. The number of hydrogen-bond acceptors (Lipinski definition) is 6. The van der Waals surface area contributed by atoms with Gasteiger partial charge in [0.2, 0.25) is 11.8 Å². The normalized spacial score (nSPS) is 10.5. The monoisotopic (exact) mass is 380 g/mol. The highest BCUT2D eigenvalue weighted by atomic mass is 35.5. The van der Waals surface area contributed by atoms with Gasteiger partial charge in [-0.15, -0.1) is 0 Å². The molecule has 1 aromatic carbocycles. The third-order valence-electron chi connectivity index (χ3n) is 3.41.